The van der Waals surface area contributed by atoms with Gasteiger partial charge >= 0.3 is 5.97 Å². The molecule has 0 bridgehead atoms. The molecular formula is C27H24N2O5S. The number of sulfonamides is 1. The second-order valence-corrected chi connectivity index (χ2v) is 10.2. The maximum Gasteiger partial charge on any atom is 0.335 e. The Morgan fingerprint density at radius 1 is 0.800 bits per heavy atom. The Balaban J connectivity index is 1.43. The van der Waals surface area contributed by atoms with E-state index >= 15 is 0 Å². The lowest BCUT2D eigenvalue weighted by Gasteiger charge is -2.18. The number of aromatic carboxylic acids is 1. The first kappa shape index (κ1) is 24.1. The first-order chi connectivity index (χ1) is 16.7. The minimum atomic E-state index is -3.73. The Morgan fingerprint density at radius 3 is 2.23 bits per heavy atom. The molecule has 0 spiro atoms. The van der Waals surface area contributed by atoms with Crippen LogP contribution in [0.4, 0.5) is 0 Å². The van der Waals surface area contributed by atoms with Crippen LogP contribution in [0.2, 0.25) is 0 Å². The monoisotopic (exact) mass is 488 g/mol. The van der Waals surface area contributed by atoms with Crippen molar-refractivity contribution in [1.29, 1.82) is 0 Å². The van der Waals surface area contributed by atoms with Gasteiger partial charge in [0.15, 0.2) is 0 Å². The number of amides is 1. The number of carboxylic acid groups (broad SMARTS) is 1. The first-order valence-electron chi connectivity index (χ1n) is 10.9. The normalized spacial score (nSPS) is 11.5. The van der Waals surface area contributed by atoms with Gasteiger partial charge in [-0.3, -0.25) is 4.79 Å². The van der Waals surface area contributed by atoms with E-state index in [0.717, 1.165) is 16.3 Å². The number of hydrogen-bond donors (Lipinski definition) is 2. The van der Waals surface area contributed by atoms with Crippen LogP contribution in [0.3, 0.4) is 0 Å². The van der Waals surface area contributed by atoms with Crippen LogP contribution in [0, 0.1) is 0 Å². The third-order valence-electron chi connectivity index (χ3n) is 5.68. The van der Waals surface area contributed by atoms with E-state index < -0.39 is 16.0 Å². The number of nitrogens with zero attached hydrogens (tertiary/aromatic N) is 1. The van der Waals surface area contributed by atoms with E-state index in [1.54, 1.807) is 54.6 Å². The lowest BCUT2D eigenvalue weighted by molar-refractivity contribution is 0.0696. The van der Waals surface area contributed by atoms with Gasteiger partial charge in [-0.2, -0.15) is 4.31 Å². The molecule has 0 aromatic heterocycles. The van der Waals surface area contributed by atoms with Crippen LogP contribution in [0.15, 0.2) is 95.9 Å². The van der Waals surface area contributed by atoms with Crippen LogP contribution in [0.5, 0.6) is 0 Å². The Morgan fingerprint density at radius 2 is 1.51 bits per heavy atom. The third kappa shape index (κ3) is 5.56. The summed E-state index contributed by atoms with van der Waals surface area (Å²) < 4.78 is 27.5. The Hall–Kier alpha value is -4.01. The van der Waals surface area contributed by atoms with Crippen molar-refractivity contribution in [3.8, 4) is 0 Å². The molecule has 0 atom stereocenters. The summed E-state index contributed by atoms with van der Waals surface area (Å²) >= 11 is 0. The molecule has 178 valence electrons. The van der Waals surface area contributed by atoms with Gasteiger partial charge in [0.1, 0.15) is 0 Å². The number of carboxylic acids is 1. The van der Waals surface area contributed by atoms with Gasteiger partial charge in [-0.15, -0.1) is 0 Å². The fourth-order valence-electron chi connectivity index (χ4n) is 3.71. The van der Waals surface area contributed by atoms with Crippen LogP contribution in [0.1, 0.15) is 31.8 Å². The van der Waals surface area contributed by atoms with Gasteiger partial charge in [-0.25, -0.2) is 13.2 Å². The number of nitrogens with one attached hydrogen (secondary N) is 1. The molecule has 0 unspecified atom stereocenters. The molecule has 0 saturated heterocycles. The summed E-state index contributed by atoms with van der Waals surface area (Å²) in [6.45, 7) is 0.339. The van der Waals surface area contributed by atoms with Gasteiger partial charge in [0, 0.05) is 25.7 Å². The van der Waals surface area contributed by atoms with Gasteiger partial charge in [0.25, 0.3) is 5.91 Å². The molecule has 4 aromatic rings. The average molecular weight is 489 g/mol. The van der Waals surface area contributed by atoms with E-state index in [1.807, 2.05) is 24.3 Å². The third-order valence-corrected chi connectivity index (χ3v) is 7.48. The molecule has 0 heterocycles. The van der Waals surface area contributed by atoms with Gasteiger partial charge < -0.3 is 10.4 Å². The zero-order valence-corrected chi connectivity index (χ0v) is 19.8. The fraction of sp³-hybridized carbons (Fsp3) is 0.111. The first-order valence-corrected chi connectivity index (χ1v) is 12.3. The number of benzene rings is 4. The van der Waals surface area contributed by atoms with Gasteiger partial charge in [-0.1, -0.05) is 54.6 Å². The van der Waals surface area contributed by atoms with Crippen molar-refractivity contribution < 1.29 is 23.1 Å². The number of rotatable bonds is 8. The van der Waals surface area contributed by atoms with Gasteiger partial charge in [-0.05, 0) is 58.3 Å². The topological polar surface area (TPSA) is 104 Å². The van der Waals surface area contributed by atoms with Crippen molar-refractivity contribution in [2.24, 2.45) is 0 Å². The van der Waals surface area contributed by atoms with Crippen LogP contribution in [-0.4, -0.2) is 36.8 Å². The molecule has 1 amide bonds. The zero-order valence-electron chi connectivity index (χ0n) is 19.0. The molecule has 7 nitrogen and oxygen atoms in total. The number of fused-ring (bicyclic) bond motifs is 1. The Labute approximate surface area is 203 Å². The fourth-order valence-corrected chi connectivity index (χ4v) is 4.91. The van der Waals surface area contributed by atoms with E-state index in [0.29, 0.717) is 11.1 Å². The number of hydrogen-bond acceptors (Lipinski definition) is 4. The maximum atomic E-state index is 13.1. The average Bonchev–Trinajstić information content (AvgIpc) is 2.87. The predicted molar refractivity (Wildman–Crippen MR) is 134 cm³/mol. The van der Waals surface area contributed by atoms with Crippen molar-refractivity contribution in [2.45, 2.75) is 18.0 Å². The standard InChI is InChI=1S/C27H24N2O5S/c1-29(35(33,34)25-14-13-21-6-2-3-7-23(21)16-25)18-20-5-4-8-24(15-20)26(30)28-17-19-9-11-22(12-10-19)27(31)32/h2-16H,17-18H2,1H3,(H,28,30)(H,31,32). The Bertz CT molecular complexity index is 1500. The van der Waals surface area contributed by atoms with Crippen LogP contribution < -0.4 is 5.32 Å². The van der Waals surface area contributed by atoms with E-state index in [2.05, 4.69) is 5.32 Å². The van der Waals surface area contributed by atoms with E-state index in [-0.39, 0.29) is 29.5 Å². The van der Waals surface area contributed by atoms with Crippen molar-refractivity contribution in [3.63, 3.8) is 0 Å². The molecule has 0 aliphatic carbocycles. The number of carbonyl (C=O) groups excluding carboxylic acids is 1. The van der Waals surface area contributed by atoms with E-state index in [9.17, 15) is 18.0 Å². The van der Waals surface area contributed by atoms with Gasteiger partial charge in [0.2, 0.25) is 10.0 Å². The zero-order chi connectivity index (χ0) is 25.0. The van der Waals surface area contributed by atoms with Crippen molar-refractivity contribution >= 4 is 32.7 Å². The molecular weight excluding hydrogens is 464 g/mol. The molecule has 4 rings (SSSR count). The molecule has 0 aliphatic rings. The number of carbonyl (C=O) groups is 2. The molecule has 0 radical (unpaired) electrons. The molecule has 4 aromatic carbocycles. The SMILES string of the molecule is CN(Cc1cccc(C(=O)NCc2ccc(C(=O)O)cc2)c1)S(=O)(=O)c1ccc2ccccc2c1. The molecule has 0 fully saturated rings. The van der Waals surface area contributed by atoms with Crippen molar-refractivity contribution in [2.75, 3.05) is 7.05 Å². The minimum Gasteiger partial charge on any atom is -0.478 e. The highest BCUT2D eigenvalue weighted by atomic mass is 32.2. The summed E-state index contributed by atoms with van der Waals surface area (Å²) in [6.07, 6.45) is 0. The highest BCUT2D eigenvalue weighted by Crippen LogP contribution is 2.22. The largest absolute Gasteiger partial charge is 0.478 e. The molecule has 35 heavy (non-hydrogen) atoms. The summed E-state index contributed by atoms with van der Waals surface area (Å²) in [4.78, 5) is 23.8. The van der Waals surface area contributed by atoms with Gasteiger partial charge in [0.05, 0.1) is 10.5 Å². The molecule has 2 N–H and O–H groups in total. The summed E-state index contributed by atoms with van der Waals surface area (Å²) in [5, 5.41) is 13.6. The van der Waals surface area contributed by atoms with E-state index in [4.69, 9.17) is 5.11 Å². The quantitative estimate of drug-likeness (QED) is 0.385. The molecule has 0 saturated carbocycles. The smallest absolute Gasteiger partial charge is 0.335 e. The summed E-state index contributed by atoms with van der Waals surface area (Å²) in [5.74, 6) is -1.32. The summed E-state index contributed by atoms with van der Waals surface area (Å²) in [5.41, 5.74) is 2.02. The second-order valence-electron chi connectivity index (χ2n) is 8.16. The lowest BCUT2D eigenvalue weighted by Crippen LogP contribution is -2.27. The second kappa shape index (κ2) is 10.1. The van der Waals surface area contributed by atoms with Crippen molar-refractivity contribution in [3.05, 3.63) is 113 Å². The van der Waals surface area contributed by atoms with E-state index in [1.165, 1.54) is 23.5 Å². The Kier molecular flexibility index (Phi) is 6.95. The van der Waals surface area contributed by atoms with Crippen molar-refractivity contribution in [1.82, 2.24) is 9.62 Å². The maximum absolute atomic E-state index is 13.1. The molecule has 0 aliphatic heterocycles. The minimum absolute atomic E-state index is 0.104. The van der Waals surface area contributed by atoms with Crippen LogP contribution in [-0.2, 0) is 23.1 Å². The lowest BCUT2D eigenvalue weighted by atomic mass is 10.1. The predicted octanol–water partition coefficient (Wildman–Crippen LogP) is 4.29. The van der Waals surface area contributed by atoms with Crippen LogP contribution in [0.25, 0.3) is 10.8 Å². The molecule has 8 heteroatoms. The summed E-state index contributed by atoms with van der Waals surface area (Å²) in [6, 6.07) is 25.7. The highest BCUT2D eigenvalue weighted by Gasteiger charge is 2.21. The summed E-state index contributed by atoms with van der Waals surface area (Å²) in [7, 11) is -2.21. The highest BCUT2D eigenvalue weighted by molar-refractivity contribution is 7.89. The van der Waals surface area contributed by atoms with Crippen LogP contribution >= 0.6 is 0 Å².